The number of likely N-dealkylation sites (N-methyl/N-ethyl adjacent to an activating group) is 1. The molecule has 5 nitrogen and oxygen atoms in total. The van der Waals surface area contributed by atoms with E-state index in [1.54, 1.807) is 30.3 Å². The summed E-state index contributed by atoms with van der Waals surface area (Å²) in [6, 6.07) is 13.3. The minimum absolute atomic E-state index is 0.152. The van der Waals surface area contributed by atoms with Gasteiger partial charge >= 0.3 is 0 Å². The molecule has 0 spiro atoms. The third kappa shape index (κ3) is 4.63. The molecule has 0 saturated heterocycles. The van der Waals surface area contributed by atoms with E-state index < -0.39 is 15.9 Å². The maximum absolute atomic E-state index is 12.4. The molecule has 0 unspecified atom stereocenters. The molecule has 0 saturated carbocycles. The van der Waals surface area contributed by atoms with Crippen LogP contribution in [0.2, 0.25) is 0 Å². The molecule has 2 aromatic carbocycles. The van der Waals surface area contributed by atoms with Crippen LogP contribution in [0.15, 0.2) is 62.4 Å². The van der Waals surface area contributed by atoms with Gasteiger partial charge < -0.3 is 5.32 Å². The summed E-state index contributed by atoms with van der Waals surface area (Å²) in [6.07, 6.45) is 0. The number of halogens is 2. The van der Waals surface area contributed by atoms with Crippen molar-refractivity contribution in [2.45, 2.75) is 4.90 Å². The number of sulfonamides is 1. The number of rotatable bonds is 5. The first-order valence-corrected chi connectivity index (χ1v) is 9.59. The van der Waals surface area contributed by atoms with E-state index in [4.69, 9.17) is 0 Å². The lowest BCUT2D eigenvalue weighted by Gasteiger charge is -2.17. The van der Waals surface area contributed by atoms with Crippen molar-refractivity contribution in [2.75, 3.05) is 18.9 Å². The van der Waals surface area contributed by atoms with Crippen LogP contribution in [0.25, 0.3) is 0 Å². The first-order chi connectivity index (χ1) is 10.8. The van der Waals surface area contributed by atoms with Crippen molar-refractivity contribution in [3.05, 3.63) is 57.5 Å². The lowest BCUT2D eigenvalue weighted by atomic mass is 10.3. The molecule has 23 heavy (non-hydrogen) atoms. The van der Waals surface area contributed by atoms with Crippen LogP contribution in [0.1, 0.15) is 0 Å². The predicted molar refractivity (Wildman–Crippen MR) is 96.7 cm³/mol. The summed E-state index contributed by atoms with van der Waals surface area (Å²) in [6.45, 7) is -0.282. The molecule has 0 aliphatic heterocycles. The number of benzene rings is 2. The standard InChI is InChI=1S/C15H14Br2N2O3S/c1-19(23(21,22)12-5-3-2-4-6-12)10-15(20)18-14-9-11(16)7-8-13(14)17/h2-9H,10H2,1H3,(H,18,20). The van der Waals surface area contributed by atoms with E-state index in [0.717, 1.165) is 8.78 Å². The number of carbonyl (C=O) groups excluding carboxylic acids is 1. The Labute approximate surface area is 152 Å². The molecule has 0 heterocycles. The van der Waals surface area contributed by atoms with E-state index in [1.165, 1.54) is 19.2 Å². The molecule has 0 radical (unpaired) electrons. The van der Waals surface area contributed by atoms with Crippen molar-refractivity contribution < 1.29 is 13.2 Å². The van der Waals surface area contributed by atoms with Crippen molar-refractivity contribution in [1.82, 2.24) is 4.31 Å². The fourth-order valence-corrected chi connectivity index (χ4v) is 3.70. The third-order valence-electron chi connectivity index (χ3n) is 3.02. The van der Waals surface area contributed by atoms with Gasteiger partial charge in [-0.25, -0.2) is 8.42 Å². The predicted octanol–water partition coefficient (Wildman–Crippen LogP) is 3.47. The SMILES string of the molecule is CN(CC(=O)Nc1cc(Br)ccc1Br)S(=O)(=O)c1ccccc1. The Hall–Kier alpha value is -1.22. The van der Waals surface area contributed by atoms with Gasteiger partial charge in [0.1, 0.15) is 0 Å². The summed E-state index contributed by atoms with van der Waals surface area (Å²) in [7, 11) is -2.32. The molecule has 8 heteroatoms. The number of carbonyl (C=O) groups is 1. The molecule has 0 bridgehead atoms. The van der Waals surface area contributed by atoms with Gasteiger partial charge in [0, 0.05) is 16.0 Å². The molecule has 122 valence electrons. The Balaban J connectivity index is 2.09. The van der Waals surface area contributed by atoms with E-state index in [9.17, 15) is 13.2 Å². The molecule has 2 aromatic rings. The van der Waals surface area contributed by atoms with Crippen LogP contribution < -0.4 is 5.32 Å². The zero-order valence-corrected chi connectivity index (χ0v) is 16.2. The highest BCUT2D eigenvalue weighted by Crippen LogP contribution is 2.26. The van der Waals surface area contributed by atoms with Gasteiger partial charge in [-0.3, -0.25) is 4.79 Å². The fourth-order valence-electron chi connectivity index (χ4n) is 1.84. The Bertz CT molecular complexity index is 811. The van der Waals surface area contributed by atoms with Crippen molar-refractivity contribution in [1.29, 1.82) is 0 Å². The first kappa shape index (κ1) is 18.1. The maximum atomic E-state index is 12.4. The van der Waals surface area contributed by atoms with E-state index >= 15 is 0 Å². The van der Waals surface area contributed by atoms with Crippen LogP contribution >= 0.6 is 31.9 Å². The van der Waals surface area contributed by atoms with Crippen LogP contribution in [-0.4, -0.2) is 32.2 Å². The summed E-state index contributed by atoms with van der Waals surface area (Å²) < 4.78 is 27.3. The quantitative estimate of drug-likeness (QED) is 0.741. The number of hydrogen-bond donors (Lipinski definition) is 1. The van der Waals surface area contributed by atoms with Crippen LogP contribution in [-0.2, 0) is 14.8 Å². The highest BCUT2D eigenvalue weighted by atomic mass is 79.9. The van der Waals surface area contributed by atoms with Gasteiger partial charge in [0.25, 0.3) is 0 Å². The molecular formula is C15H14Br2N2O3S. The van der Waals surface area contributed by atoms with E-state index in [-0.39, 0.29) is 11.4 Å². The Morgan fingerprint density at radius 2 is 1.78 bits per heavy atom. The summed E-state index contributed by atoms with van der Waals surface area (Å²) >= 11 is 6.65. The first-order valence-electron chi connectivity index (χ1n) is 6.57. The van der Waals surface area contributed by atoms with Crippen LogP contribution in [0.4, 0.5) is 5.69 Å². The van der Waals surface area contributed by atoms with Gasteiger partial charge in [-0.05, 0) is 46.3 Å². The second kappa shape index (κ2) is 7.57. The second-order valence-electron chi connectivity index (χ2n) is 4.75. The Morgan fingerprint density at radius 1 is 1.13 bits per heavy atom. The number of anilines is 1. The smallest absolute Gasteiger partial charge is 0.243 e. The molecule has 0 fully saturated rings. The monoisotopic (exact) mass is 460 g/mol. The van der Waals surface area contributed by atoms with E-state index in [1.807, 2.05) is 6.07 Å². The number of hydrogen-bond acceptors (Lipinski definition) is 3. The lowest BCUT2D eigenvalue weighted by molar-refractivity contribution is -0.116. The summed E-state index contributed by atoms with van der Waals surface area (Å²) in [4.78, 5) is 12.3. The van der Waals surface area contributed by atoms with Crippen molar-refractivity contribution in [2.24, 2.45) is 0 Å². The topological polar surface area (TPSA) is 66.5 Å². The highest BCUT2D eigenvalue weighted by Gasteiger charge is 2.22. The van der Waals surface area contributed by atoms with E-state index in [2.05, 4.69) is 37.2 Å². The molecule has 0 atom stereocenters. The summed E-state index contributed by atoms with van der Waals surface area (Å²) in [5.74, 6) is -0.425. The highest BCUT2D eigenvalue weighted by molar-refractivity contribution is 9.11. The third-order valence-corrected chi connectivity index (χ3v) is 6.02. The minimum atomic E-state index is -3.69. The van der Waals surface area contributed by atoms with Gasteiger partial charge in [-0.15, -0.1) is 0 Å². The zero-order valence-electron chi connectivity index (χ0n) is 12.2. The average Bonchev–Trinajstić information content (AvgIpc) is 2.51. The molecule has 0 aromatic heterocycles. The van der Waals surface area contributed by atoms with Crippen molar-refractivity contribution in [3.8, 4) is 0 Å². The number of nitrogens with one attached hydrogen (secondary N) is 1. The largest absolute Gasteiger partial charge is 0.324 e. The van der Waals surface area contributed by atoms with Crippen molar-refractivity contribution in [3.63, 3.8) is 0 Å². The van der Waals surface area contributed by atoms with Gasteiger partial charge in [0.2, 0.25) is 15.9 Å². The molecule has 2 rings (SSSR count). The summed E-state index contributed by atoms with van der Waals surface area (Å²) in [5.41, 5.74) is 0.565. The van der Waals surface area contributed by atoms with Crippen LogP contribution in [0, 0.1) is 0 Å². The maximum Gasteiger partial charge on any atom is 0.243 e. The molecular weight excluding hydrogens is 448 g/mol. The second-order valence-corrected chi connectivity index (χ2v) is 8.56. The van der Waals surface area contributed by atoms with Gasteiger partial charge in [-0.1, -0.05) is 34.1 Å². The molecule has 1 N–H and O–H groups in total. The van der Waals surface area contributed by atoms with Crippen LogP contribution in [0.3, 0.4) is 0 Å². The fraction of sp³-hybridized carbons (Fsp3) is 0.133. The summed E-state index contributed by atoms with van der Waals surface area (Å²) in [5, 5.41) is 2.68. The molecule has 1 amide bonds. The van der Waals surface area contributed by atoms with Gasteiger partial charge in [-0.2, -0.15) is 4.31 Å². The Morgan fingerprint density at radius 3 is 2.43 bits per heavy atom. The molecule has 0 aliphatic carbocycles. The minimum Gasteiger partial charge on any atom is -0.324 e. The number of amides is 1. The normalized spacial score (nSPS) is 11.5. The van der Waals surface area contributed by atoms with Gasteiger partial charge in [0.15, 0.2) is 0 Å². The van der Waals surface area contributed by atoms with Crippen molar-refractivity contribution >= 4 is 53.5 Å². The van der Waals surface area contributed by atoms with E-state index in [0.29, 0.717) is 10.2 Å². The van der Waals surface area contributed by atoms with Crippen LogP contribution in [0.5, 0.6) is 0 Å². The number of nitrogens with zero attached hydrogens (tertiary/aromatic N) is 1. The average molecular weight is 462 g/mol. The van der Waals surface area contributed by atoms with Gasteiger partial charge in [0.05, 0.1) is 17.1 Å². The zero-order chi connectivity index (χ0) is 17.0. The lowest BCUT2D eigenvalue weighted by Crippen LogP contribution is -2.35. The molecule has 0 aliphatic rings. The Kier molecular flexibility index (Phi) is 5.96.